The van der Waals surface area contributed by atoms with Crippen molar-refractivity contribution in [2.75, 3.05) is 11.5 Å². The number of nitrogens with two attached hydrogens (primary N) is 1. The number of nitrogens with zero attached hydrogens (tertiary/aromatic N) is 4. The smallest absolute Gasteiger partial charge is 0.350 e. The zero-order valence-electron chi connectivity index (χ0n) is 19.6. The van der Waals surface area contributed by atoms with Gasteiger partial charge in [-0.05, 0) is 13.8 Å². The number of pyridine rings is 1. The molecule has 0 radical (unpaired) electrons. The fourth-order valence-electron chi connectivity index (χ4n) is 3.56. The molecule has 0 bridgehead atoms. The first-order valence-electron chi connectivity index (χ1n) is 10.8. The molecule has 38 heavy (non-hydrogen) atoms. The van der Waals surface area contributed by atoms with Gasteiger partial charge in [-0.2, -0.15) is 0 Å². The van der Waals surface area contributed by atoms with Gasteiger partial charge in [-0.15, -0.1) is 23.1 Å². The number of aromatic nitrogens is 2. The van der Waals surface area contributed by atoms with Gasteiger partial charge >= 0.3 is 5.97 Å². The summed E-state index contributed by atoms with van der Waals surface area (Å²) in [5.74, 6) is -4.01. The Morgan fingerprint density at radius 3 is 2.61 bits per heavy atom. The summed E-state index contributed by atoms with van der Waals surface area (Å²) in [6, 6.07) is 4.36. The minimum absolute atomic E-state index is 0. The van der Waals surface area contributed by atoms with E-state index in [0.29, 0.717) is 11.3 Å². The second-order valence-corrected chi connectivity index (χ2v) is 10.6. The highest BCUT2D eigenvalue weighted by Crippen LogP contribution is 2.40. The van der Waals surface area contributed by atoms with Crippen LogP contribution >= 0.6 is 23.1 Å². The van der Waals surface area contributed by atoms with E-state index in [9.17, 15) is 29.4 Å². The second kappa shape index (κ2) is 11.2. The summed E-state index contributed by atoms with van der Waals surface area (Å²) >= 11 is 2.32. The number of nitrogen functional groups attached to an aromatic ring is 1. The van der Waals surface area contributed by atoms with Crippen LogP contribution in [0.2, 0.25) is 0 Å². The van der Waals surface area contributed by atoms with Gasteiger partial charge < -0.3 is 30.9 Å². The Hall–Kier alpha value is -3.98. The van der Waals surface area contributed by atoms with Crippen LogP contribution in [0.15, 0.2) is 52.4 Å². The molecule has 1 fully saturated rings. The van der Waals surface area contributed by atoms with E-state index in [2.05, 4.69) is 15.5 Å². The zero-order chi connectivity index (χ0) is 26.9. The maximum atomic E-state index is 13.1. The number of anilines is 1. The molecule has 202 valence electrons. The molecule has 2 amide bonds. The van der Waals surface area contributed by atoms with E-state index in [-0.39, 0.29) is 36.2 Å². The third-order valence-corrected chi connectivity index (χ3v) is 7.55. The Labute approximate surface area is 226 Å². The fourth-order valence-corrected chi connectivity index (χ4v) is 5.45. The van der Waals surface area contributed by atoms with Crippen molar-refractivity contribution < 1.29 is 38.8 Å². The molecule has 0 unspecified atom stereocenters. The van der Waals surface area contributed by atoms with Crippen LogP contribution in [0.25, 0.3) is 0 Å². The Bertz CT molecular complexity index is 1320. The summed E-state index contributed by atoms with van der Waals surface area (Å²) < 4.78 is 1.78. The lowest BCUT2D eigenvalue weighted by molar-refractivity contribution is -0.689. The summed E-state index contributed by atoms with van der Waals surface area (Å²) in [6.45, 7) is 2.74. The number of thioether (sulfide) groups is 1. The molecule has 2 aromatic rings. The third kappa shape index (κ3) is 5.62. The molecule has 4 N–H and O–H groups in total. The Morgan fingerprint density at radius 2 is 2.03 bits per heavy atom. The molecule has 2 aliphatic rings. The van der Waals surface area contributed by atoms with Crippen molar-refractivity contribution in [1.82, 2.24) is 15.2 Å². The molecule has 1 saturated heterocycles. The minimum atomic E-state index is -1.75. The predicted molar refractivity (Wildman–Crippen MR) is 136 cm³/mol. The molecule has 0 saturated carbocycles. The highest BCUT2D eigenvalue weighted by molar-refractivity contribution is 8.00. The van der Waals surface area contributed by atoms with Crippen LogP contribution in [0, 0.1) is 0 Å². The maximum absolute atomic E-state index is 13.1. The number of carbonyl (C=O) groups excluding carboxylic acids is 3. The summed E-state index contributed by atoms with van der Waals surface area (Å²) in [4.78, 5) is 59.6. The maximum Gasteiger partial charge on any atom is 0.350 e. The number of thiazole rings is 1. The van der Waals surface area contributed by atoms with E-state index in [4.69, 9.17) is 10.6 Å². The van der Waals surface area contributed by atoms with Crippen molar-refractivity contribution in [3.8, 4) is 0 Å². The topological polar surface area (TPSA) is 191 Å². The lowest BCUT2D eigenvalue weighted by Gasteiger charge is -2.50. The number of carboxylic acid groups (broad SMARTS) is 2. The molecular weight excluding hydrogens is 536 g/mol. The number of nitrogens with one attached hydrogen (secondary N) is 1. The molecule has 4 heterocycles. The van der Waals surface area contributed by atoms with Crippen molar-refractivity contribution in [3.63, 3.8) is 0 Å². The Morgan fingerprint density at radius 1 is 1.34 bits per heavy atom. The van der Waals surface area contributed by atoms with Gasteiger partial charge in [0, 0.05) is 28.8 Å². The van der Waals surface area contributed by atoms with Crippen molar-refractivity contribution in [3.05, 3.63) is 52.9 Å². The number of fused-ring (bicyclic) bond motifs is 1. The summed E-state index contributed by atoms with van der Waals surface area (Å²) in [5, 5.41) is 28.4. The van der Waals surface area contributed by atoms with Gasteiger partial charge in [0.05, 0.1) is 11.7 Å². The molecule has 0 spiro atoms. The lowest BCUT2D eigenvalue weighted by atomic mass is 10.0. The summed E-state index contributed by atoms with van der Waals surface area (Å²) in [7, 11) is 0. The lowest BCUT2D eigenvalue weighted by Crippen LogP contribution is -2.71. The largest absolute Gasteiger partial charge is 0.543 e. The van der Waals surface area contributed by atoms with Gasteiger partial charge in [-0.25, -0.2) is 14.3 Å². The Balaban J connectivity index is 0.00000400. The molecular formula is C23H26N6O7S2. The number of hydrogen-bond acceptors (Lipinski definition) is 11. The zero-order valence-corrected chi connectivity index (χ0v) is 21.2. The number of carbonyl (C=O) groups is 4. The molecule has 2 aromatic heterocycles. The van der Waals surface area contributed by atoms with Crippen molar-refractivity contribution in [2.45, 2.75) is 44.8 Å². The van der Waals surface area contributed by atoms with Crippen LogP contribution in [0.1, 0.15) is 27.0 Å². The van der Waals surface area contributed by atoms with Crippen LogP contribution in [0.4, 0.5) is 5.13 Å². The number of amides is 2. The van der Waals surface area contributed by atoms with Crippen LogP contribution in [0.3, 0.4) is 0 Å². The van der Waals surface area contributed by atoms with E-state index < -0.39 is 40.8 Å². The quantitative estimate of drug-likeness (QED) is 0.153. The number of hydrogen-bond donors (Lipinski definition) is 3. The van der Waals surface area contributed by atoms with Gasteiger partial charge in [0.15, 0.2) is 29.8 Å². The van der Waals surface area contributed by atoms with E-state index in [1.165, 1.54) is 31.0 Å². The molecule has 4 rings (SSSR count). The van der Waals surface area contributed by atoms with Crippen molar-refractivity contribution >= 4 is 57.7 Å². The average molecular weight is 563 g/mol. The minimum Gasteiger partial charge on any atom is -0.543 e. The predicted octanol–water partition coefficient (Wildman–Crippen LogP) is -0.663. The van der Waals surface area contributed by atoms with Crippen LogP contribution in [-0.2, 0) is 30.6 Å². The number of β-lactam (4-membered cyclic amide) rings is 1. The number of oxime groups is 1. The van der Waals surface area contributed by atoms with Crippen molar-refractivity contribution in [2.24, 2.45) is 5.16 Å². The van der Waals surface area contributed by atoms with Crippen molar-refractivity contribution in [1.29, 1.82) is 0 Å². The van der Waals surface area contributed by atoms with Crippen LogP contribution < -0.4 is 20.7 Å². The van der Waals surface area contributed by atoms with Gasteiger partial charge in [-0.3, -0.25) is 14.5 Å². The van der Waals surface area contributed by atoms with Crippen LogP contribution in [-0.4, -0.2) is 67.2 Å². The molecule has 15 heteroatoms. The SMILES string of the molecule is C.CC(C)(O/N=C(\C(=O)N[C@@H]1C(=O)N2C(C(=O)[O-])=C(C[n+]3ccccc3)CS[C@H]12)c1csc(N)n1)C(=O)O. The number of aliphatic carboxylic acids is 2. The average Bonchev–Trinajstić information content (AvgIpc) is 3.28. The fraction of sp³-hybridized carbons (Fsp3) is 0.348. The highest BCUT2D eigenvalue weighted by atomic mass is 32.2. The van der Waals surface area contributed by atoms with Gasteiger partial charge in [0.1, 0.15) is 17.1 Å². The highest BCUT2D eigenvalue weighted by Gasteiger charge is 2.53. The van der Waals surface area contributed by atoms with E-state index in [1.807, 2.05) is 6.07 Å². The first kappa shape index (κ1) is 28.6. The molecule has 2 atom stereocenters. The van der Waals surface area contributed by atoms with Gasteiger partial charge in [0.25, 0.3) is 11.8 Å². The number of carboxylic acids is 2. The molecule has 0 aromatic carbocycles. The molecule has 0 aliphatic carbocycles. The van der Waals surface area contributed by atoms with Gasteiger partial charge in [0.2, 0.25) is 5.60 Å². The second-order valence-electron chi connectivity index (χ2n) is 8.57. The van der Waals surface area contributed by atoms with E-state index in [0.717, 1.165) is 16.2 Å². The standard InChI is InChI=1S/C22H22N6O7S2.CH4/c1-22(2,20(33)34)35-26-13(12-10-37-21(23)24-12)16(29)25-14-17(30)28-15(19(31)32)11(9-36-18(14)28)8-27-6-4-3-5-7-27;/h3-7,10,14,18H,8-9H2,1-2H3,(H4-,23,24,25,29,31,32,33,34);1H4/b26-13-;/t14-,18-;/m1./s1. The number of rotatable bonds is 9. The van der Waals surface area contributed by atoms with Crippen LogP contribution in [0.5, 0.6) is 0 Å². The molecule has 13 nitrogen and oxygen atoms in total. The monoisotopic (exact) mass is 562 g/mol. The summed E-state index contributed by atoms with van der Waals surface area (Å²) in [5.41, 5.74) is 3.83. The summed E-state index contributed by atoms with van der Waals surface area (Å²) in [6.07, 6.45) is 3.55. The first-order valence-corrected chi connectivity index (χ1v) is 12.8. The van der Waals surface area contributed by atoms with E-state index >= 15 is 0 Å². The van der Waals surface area contributed by atoms with E-state index in [1.54, 1.807) is 29.1 Å². The van der Waals surface area contributed by atoms with Gasteiger partial charge in [-0.1, -0.05) is 18.6 Å². The first-order chi connectivity index (χ1) is 17.5. The Kier molecular flexibility index (Phi) is 8.41. The third-order valence-electron chi connectivity index (χ3n) is 5.54. The normalized spacial score (nSPS) is 19.2. The molecule has 2 aliphatic heterocycles.